The maximum Gasteiger partial charge on any atom is 0.253 e. The first-order valence-corrected chi connectivity index (χ1v) is 6.88. The van der Waals surface area contributed by atoms with Gasteiger partial charge in [-0.15, -0.1) is 11.6 Å². The third-order valence-corrected chi connectivity index (χ3v) is 3.43. The summed E-state index contributed by atoms with van der Waals surface area (Å²) >= 11 is 11.5. The summed E-state index contributed by atoms with van der Waals surface area (Å²) in [6.45, 7) is 0.370. The number of carbonyl (C=O) groups excluding carboxylic acids is 1. The van der Waals surface area contributed by atoms with E-state index in [1.54, 1.807) is 0 Å². The normalized spacial score (nSPS) is 10.3. The highest BCUT2D eigenvalue weighted by molar-refractivity contribution is 6.33. The summed E-state index contributed by atoms with van der Waals surface area (Å²) in [5.41, 5.74) is 2.22. The number of hydrogen-bond donors (Lipinski definition) is 1. The van der Waals surface area contributed by atoms with Crippen molar-refractivity contribution in [2.75, 3.05) is 0 Å². The first-order chi connectivity index (χ1) is 9.60. The van der Waals surface area contributed by atoms with Crippen LogP contribution < -0.4 is 5.32 Å². The lowest BCUT2D eigenvalue weighted by atomic mass is 10.1. The van der Waals surface area contributed by atoms with E-state index in [-0.39, 0.29) is 16.5 Å². The summed E-state index contributed by atoms with van der Waals surface area (Å²) < 4.78 is 12.9. The molecule has 2 nitrogen and oxygen atoms in total. The Morgan fingerprint density at radius 1 is 1.10 bits per heavy atom. The van der Waals surface area contributed by atoms with Crippen LogP contribution in [0.25, 0.3) is 0 Å². The predicted octanol–water partition coefficient (Wildman–Crippen LogP) is 4.15. The molecule has 0 atom stereocenters. The summed E-state index contributed by atoms with van der Waals surface area (Å²) in [6.07, 6.45) is 0. The second-order valence-electron chi connectivity index (χ2n) is 4.26. The molecule has 0 bridgehead atoms. The molecule has 2 aromatic rings. The topological polar surface area (TPSA) is 29.1 Å². The van der Waals surface area contributed by atoms with E-state index in [9.17, 15) is 9.18 Å². The highest BCUT2D eigenvalue weighted by Crippen LogP contribution is 2.17. The van der Waals surface area contributed by atoms with Crippen molar-refractivity contribution in [1.82, 2.24) is 5.32 Å². The van der Waals surface area contributed by atoms with Crippen molar-refractivity contribution in [1.29, 1.82) is 0 Å². The SMILES string of the molecule is O=C(NCc1ccc(CCl)cc1)c1ccc(F)cc1Cl. The molecule has 2 aromatic carbocycles. The number of hydrogen-bond acceptors (Lipinski definition) is 1. The van der Waals surface area contributed by atoms with E-state index in [0.717, 1.165) is 17.2 Å². The van der Waals surface area contributed by atoms with Crippen LogP contribution in [-0.2, 0) is 12.4 Å². The van der Waals surface area contributed by atoms with Crippen LogP contribution in [0.2, 0.25) is 5.02 Å². The number of rotatable bonds is 4. The molecule has 0 unspecified atom stereocenters. The predicted molar refractivity (Wildman–Crippen MR) is 78.6 cm³/mol. The zero-order chi connectivity index (χ0) is 14.5. The molecule has 0 aliphatic rings. The third-order valence-electron chi connectivity index (χ3n) is 2.81. The Kier molecular flexibility index (Phi) is 4.99. The van der Waals surface area contributed by atoms with E-state index in [0.29, 0.717) is 12.4 Å². The number of carbonyl (C=O) groups is 1. The van der Waals surface area contributed by atoms with Crippen molar-refractivity contribution >= 4 is 29.1 Å². The van der Waals surface area contributed by atoms with E-state index >= 15 is 0 Å². The van der Waals surface area contributed by atoms with Gasteiger partial charge in [-0.05, 0) is 29.3 Å². The fourth-order valence-electron chi connectivity index (χ4n) is 1.70. The van der Waals surface area contributed by atoms with Gasteiger partial charge in [0.05, 0.1) is 10.6 Å². The fourth-order valence-corrected chi connectivity index (χ4v) is 2.13. The molecule has 20 heavy (non-hydrogen) atoms. The quantitative estimate of drug-likeness (QED) is 0.844. The number of benzene rings is 2. The summed E-state index contributed by atoms with van der Waals surface area (Å²) in [5, 5.41) is 2.83. The van der Waals surface area contributed by atoms with Crippen molar-refractivity contribution in [3.63, 3.8) is 0 Å². The Bertz CT molecular complexity index is 614. The molecular weight excluding hydrogens is 300 g/mol. The molecule has 0 radical (unpaired) electrons. The van der Waals surface area contributed by atoms with E-state index in [4.69, 9.17) is 23.2 Å². The number of halogens is 3. The molecule has 104 valence electrons. The minimum absolute atomic E-state index is 0.0972. The van der Waals surface area contributed by atoms with E-state index in [1.165, 1.54) is 12.1 Å². The van der Waals surface area contributed by atoms with Crippen molar-refractivity contribution in [2.45, 2.75) is 12.4 Å². The number of nitrogens with one attached hydrogen (secondary N) is 1. The van der Waals surface area contributed by atoms with Gasteiger partial charge in [0.1, 0.15) is 5.82 Å². The van der Waals surface area contributed by atoms with Gasteiger partial charge in [0.2, 0.25) is 0 Å². The first-order valence-electron chi connectivity index (χ1n) is 5.97. The van der Waals surface area contributed by atoms with Crippen molar-refractivity contribution in [2.24, 2.45) is 0 Å². The molecule has 0 fully saturated rings. The largest absolute Gasteiger partial charge is 0.348 e. The molecule has 0 aromatic heterocycles. The lowest BCUT2D eigenvalue weighted by Crippen LogP contribution is -2.23. The number of amides is 1. The molecule has 0 spiro atoms. The van der Waals surface area contributed by atoms with Gasteiger partial charge in [-0.25, -0.2) is 4.39 Å². The van der Waals surface area contributed by atoms with Crippen LogP contribution in [0.4, 0.5) is 4.39 Å². The zero-order valence-electron chi connectivity index (χ0n) is 10.5. The van der Waals surface area contributed by atoms with Gasteiger partial charge in [0, 0.05) is 12.4 Å². The second kappa shape index (κ2) is 6.73. The third kappa shape index (κ3) is 3.71. The summed E-state index contributed by atoms with van der Waals surface area (Å²) in [4.78, 5) is 11.9. The molecular formula is C15H12Cl2FNO. The Labute approximate surface area is 126 Å². The lowest BCUT2D eigenvalue weighted by Gasteiger charge is -2.07. The van der Waals surface area contributed by atoms with E-state index in [1.807, 2.05) is 24.3 Å². The molecule has 1 amide bonds. The van der Waals surface area contributed by atoms with Crippen LogP contribution in [0.15, 0.2) is 42.5 Å². The maximum atomic E-state index is 12.9. The fraction of sp³-hybridized carbons (Fsp3) is 0.133. The van der Waals surface area contributed by atoms with Crippen LogP contribution >= 0.6 is 23.2 Å². The molecule has 0 saturated heterocycles. The average Bonchev–Trinajstić information content (AvgIpc) is 2.45. The molecule has 0 saturated carbocycles. The summed E-state index contributed by atoms with van der Waals surface area (Å²) in [6, 6.07) is 11.3. The monoisotopic (exact) mass is 311 g/mol. The van der Waals surface area contributed by atoms with Crippen LogP contribution in [0, 0.1) is 5.82 Å². The van der Waals surface area contributed by atoms with Gasteiger partial charge in [-0.1, -0.05) is 35.9 Å². The molecule has 0 aliphatic carbocycles. The van der Waals surface area contributed by atoms with Crippen LogP contribution in [0.3, 0.4) is 0 Å². The highest BCUT2D eigenvalue weighted by Gasteiger charge is 2.10. The average molecular weight is 312 g/mol. The Morgan fingerprint density at radius 2 is 1.75 bits per heavy atom. The molecule has 0 heterocycles. The Hall–Kier alpha value is -1.58. The van der Waals surface area contributed by atoms with Gasteiger partial charge in [-0.2, -0.15) is 0 Å². The van der Waals surface area contributed by atoms with Gasteiger partial charge in [-0.3, -0.25) is 4.79 Å². The minimum Gasteiger partial charge on any atom is -0.348 e. The van der Waals surface area contributed by atoms with Crippen molar-refractivity contribution in [3.8, 4) is 0 Å². The first kappa shape index (κ1) is 14.8. The summed E-state index contributed by atoms with van der Waals surface area (Å²) in [5.74, 6) is -0.350. The Balaban J connectivity index is 2.00. The van der Waals surface area contributed by atoms with E-state index in [2.05, 4.69) is 5.32 Å². The second-order valence-corrected chi connectivity index (χ2v) is 4.93. The van der Waals surface area contributed by atoms with Gasteiger partial charge < -0.3 is 5.32 Å². The van der Waals surface area contributed by atoms with Gasteiger partial charge in [0.15, 0.2) is 0 Å². The molecule has 5 heteroatoms. The molecule has 2 rings (SSSR count). The maximum absolute atomic E-state index is 12.9. The van der Waals surface area contributed by atoms with Crippen LogP contribution in [0.1, 0.15) is 21.5 Å². The molecule has 1 N–H and O–H groups in total. The van der Waals surface area contributed by atoms with Crippen LogP contribution in [-0.4, -0.2) is 5.91 Å². The number of alkyl halides is 1. The smallest absolute Gasteiger partial charge is 0.253 e. The highest BCUT2D eigenvalue weighted by atomic mass is 35.5. The standard InChI is InChI=1S/C15H12Cl2FNO/c16-8-10-1-3-11(4-2-10)9-19-15(20)13-6-5-12(18)7-14(13)17/h1-7H,8-9H2,(H,19,20). The minimum atomic E-state index is -0.469. The lowest BCUT2D eigenvalue weighted by molar-refractivity contribution is 0.0951. The van der Waals surface area contributed by atoms with Gasteiger partial charge >= 0.3 is 0 Å². The molecule has 0 aliphatic heterocycles. The van der Waals surface area contributed by atoms with Crippen molar-refractivity contribution < 1.29 is 9.18 Å². The van der Waals surface area contributed by atoms with Gasteiger partial charge in [0.25, 0.3) is 5.91 Å². The van der Waals surface area contributed by atoms with E-state index < -0.39 is 5.82 Å². The van der Waals surface area contributed by atoms with Crippen molar-refractivity contribution in [3.05, 3.63) is 70.0 Å². The van der Waals surface area contributed by atoms with Crippen LogP contribution in [0.5, 0.6) is 0 Å². The Morgan fingerprint density at radius 3 is 2.35 bits per heavy atom. The summed E-state index contributed by atoms with van der Waals surface area (Å²) in [7, 11) is 0. The zero-order valence-corrected chi connectivity index (χ0v) is 12.0.